The predicted octanol–water partition coefficient (Wildman–Crippen LogP) is 4.36. The number of allylic oxidation sites excluding steroid dienone is 3. The van der Waals surface area contributed by atoms with Gasteiger partial charge in [0.25, 0.3) is 0 Å². The summed E-state index contributed by atoms with van der Waals surface area (Å²) >= 11 is 0. The number of aliphatic hydroxyl groups is 1. The number of rotatable bonds is 1. The maximum Gasteiger partial charge on any atom is 0.126 e. The molecule has 2 fully saturated rings. The molecular weight excluding hydrogens is 284 g/mol. The summed E-state index contributed by atoms with van der Waals surface area (Å²) in [5.41, 5.74) is 2.46. The zero-order chi connectivity index (χ0) is 16.2. The second-order valence-corrected chi connectivity index (χ2v) is 8.50. The summed E-state index contributed by atoms with van der Waals surface area (Å²) in [5.74, 6) is 0.879. The van der Waals surface area contributed by atoms with E-state index < -0.39 is 11.0 Å². The summed E-state index contributed by atoms with van der Waals surface area (Å²) in [4.78, 5) is 12.1. The first-order valence-electron chi connectivity index (χ1n) is 9.28. The quantitative estimate of drug-likeness (QED) is 0.577. The van der Waals surface area contributed by atoms with Crippen LogP contribution in [0.1, 0.15) is 58.3 Å². The summed E-state index contributed by atoms with van der Waals surface area (Å²) in [5, 5.41) is 11.7. The van der Waals surface area contributed by atoms with Crippen molar-refractivity contribution in [1.82, 2.24) is 0 Å². The number of hydrogen-bond acceptors (Lipinski definition) is 2. The van der Waals surface area contributed by atoms with Gasteiger partial charge in [0.15, 0.2) is 0 Å². The van der Waals surface area contributed by atoms with E-state index in [0.717, 1.165) is 56.0 Å². The van der Waals surface area contributed by atoms with Gasteiger partial charge in [-0.1, -0.05) is 49.6 Å². The van der Waals surface area contributed by atoms with Crippen molar-refractivity contribution in [2.45, 2.75) is 63.9 Å². The van der Waals surface area contributed by atoms with Crippen LogP contribution in [0.15, 0.2) is 35.5 Å². The van der Waals surface area contributed by atoms with Gasteiger partial charge in [-0.3, -0.25) is 0 Å². The molecule has 0 spiro atoms. The fraction of sp³-hybridized carbons (Fsp3) is 0.667. The number of fused-ring (bicyclic) bond motifs is 6. The fourth-order valence-corrected chi connectivity index (χ4v) is 6.13. The van der Waals surface area contributed by atoms with Crippen molar-refractivity contribution >= 4 is 6.29 Å². The van der Waals surface area contributed by atoms with E-state index in [1.54, 1.807) is 0 Å². The molecular formula is C21H28O2. The Balaban J connectivity index is 1.92. The smallest absolute Gasteiger partial charge is 0.126 e. The van der Waals surface area contributed by atoms with E-state index in [4.69, 9.17) is 0 Å². The lowest BCUT2D eigenvalue weighted by molar-refractivity contribution is -0.121. The highest BCUT2D eigenvalue weighted by Crippen LogP contribution is 2.62. The minimum atomic E-state index is -0.740. The predicted molar refractivity (Wildman–Crippen MR) is 91.8 cm³/mol. The zero-order valence-electron chi connectivity index (χ0n) is 14.2. The maximum absolute atomic E-state index is 12.1. The van der Waals surface area contributed by atoms with Crippen LogP contribution in [-0.2, 0) is 4.79 Å². The number of hydrogen-bond donors (Lipinski definition) is 1. The molecule has 2 heteroatoms. The van der Waals surface area contributed by atoms with E-state index in [0.29, 0.717) is 5.92 Å². The third-order valence-electron chi connectivity index (χ3n) is 6.99. The molecule has 4 rings (SSSR count). The maximum atomic E-state index is 12.1. The van der Waals surface area contributed by atoms with Gasteiger partial charge in [-0.2, -0.15) is 0 Å². The number of carbonyl (C=O) groups is 1. The molecule has 0 aromatic rings. The van der Waals surface area contributed by atoms with Gasteiger partial charge in [-0.25, -0.2) is 0 Å². The summed E-state index contributed by atoms with van der Waals surface area (Å²) in [6.45, 7) is 6.25. The van der Waals surface area contributed by atoms with Crippen LogP contribution >= 0.6 is 0 Å². The van der Waals surface area contributed by atoms with Gasteiger partial charge in [-0.15, -0.1) is 0 Å². The van der Waals surface area contributed by atoms with Crippen LogP contribution in [0.3, 0.4) is 0 Å². The van der Waals surface area contributed by atoms with E-state index in [1.165, 1.54) is 18.4 Å². The Morgan fingerprint density at radius 3 is 2.91 bits per heavy atom. The largest absolute Gasteiger partial charge is 0.385 e. The van der Waals surface area contributed by atoms with Crippen LogP contribution in [0, 0.1) is 23.2 Å². The normalized spacial score (nSPS) is 46.0. The molecule has 0 unspecified atom stereocenters. The van der Waals surface area contributed by atoms with Gasteiger partial charge in [-0.05, 0) is 50.0 Å². The lowest BCUT2D eigenvalue weighted by atomic mass is 9.47. The summed E-state index contributed by atoms with van der Waals surface area (Å²) in [6, 6.07) is 0. The zero-order valence-corrected chi connectivity index (χ0v) is 14.2. The molecule has 5 atom stereocenters. The Labute approximate surface area is 139 Å². The molecule has 4 aliphatic carbocycles. The van der Waals surface area contributed by atoms with E-state index in [2.05, 4.69) is 25.7 Å². The SMILES string of the molecule is C=C1C=C2[C@H]([C@H]3CCCC=C3[C@H]3CCCC[C@]23O)[C@](C)(C=O)C1. The van der Waals surface area contributed by atoms with Crippen molar-refractivity contribution in [2.24, 2.45) is 23.2 Å². The highest BCUT2D eigenvalue weighted by molar-refractivity contribution is 5.65. The van der Waals surface area contributed by atoms with Crippen molar-refractivity contribution in [3.8, 4) is 0 Å². The van der Waals surface area contributed by atoms with Gasteiger partial charge in [0.1, 0.15) is 6.29 Å². The molecule has 2 nitrogen and oxygen atoms in total. The van der Waals surface area contributed by atoms with Gasteiger partial charge in [0.05, 0.1) is 5.60 Å². The van der Waals surface area contributed by atoms with Crippen LogP contribution in [0.5, 0.6) is 0 Å². The minimum absolute atomic E-state index is 0.163. The van der Waals surface area contributed by atoms with Crippen LogP contribution < -0.4 is 0 Å². The van der Waals surface area contributed by atoms with E-state index in [1.807, 2.05) is 0 Å². The topological polar surface area (TPSA) is 37.3 Å². The standard InChI is InChI=1S/C21H28O2/c1-14-11-18-19(20(2,12-14)13-22)16-8-4-3-7-15(16)17-9-5-6-10-21(17,18)23/h7,11,13,16-17,19,23H,1,3-6,8-10,12H2,2H3/t16-,17+,19-,20-,21+/m0/s1. The first kappa shape index (κ1) is 15.4. The minimum Gasteiger partial charge on any atom is -0.385 e. The van der Waals surface area contributed by atoms with Crippen molar-refractivity contribution < 1.29 is 9.90 Å². The first-order valence-corrected chi connectivity index (χ1v) is 9.28. The molecule has 0 heterocycles. The Bertz CT molecular complexity index is 613. The van der Waals surface area contributed by atoms with Crippen LogP contribution in [0.4, 0.5) is 0 Å². The van der Waals surface area contributed by atoms with Crippen molar-refractivity contribution in [3.05, 3.63) is 35.5 Å². The Hall–Kier alpha value is -1.15. The van der Waals surface area contributed by atoms with Crippen molar-refractivity contribution in [1.29, 1.82) is 0 Å². The fourth-order valence-electron chi connectivity index (χ4n) is 6.13. The lowest BCUT2D eigenvalue weighted by Crippen LogP contribution is -2.57. The van der Waals surface area contributed by atoms with E-state index in [9.17, 15) is 9.90 Å². The molecule has 2 saturated carbocycles. The molecule has 0 aliphatic heterocycles. The molecule has 0 aromatic carbocycles. The first-order chi connectivity index (χ1) is 11.0. The second kappa shape index (κ2) is 5.17. The third-order valence-corrected chi connectivity index (χ3v) is 6.99. The Morgan fingerprint density at radius 2 is 2.13 bits per heavy atom. The molecule has 4 aliphatic rings. The molecule has 23 heavy (non-hydrogen) atoms. The van der Waals surface area contributed by atoms with Crippen LogP contribution in [0.25, 0.3) is 0 Å². The molecule has 0 saturated heterocycles. The highest BCUT2D eigenvalue weighted by Gasteiger charge is 2.58. The lowest BCUT2D eigenvalue weighted by Gasteiger charge is -2.58. The summed E-state index contributed by atoms with van der Waals surface area (Å²) in [7, 11) is 0. The average molecular weight is 312 g/mol. The third kappa shape index (κ3) is 2.07. The van der Waals surface area contributed by atoms with Gasteiger partial charge in [0.2, 0.25) is 0 Å². The number of aldehydes is 1. The highest BCUT2D eigenvalue weighted by atomic mass is 16.3. The second-order valence-electron chi connectivity index (χ2n) is 8.50. The molecule has 0 amide bonds. The Morgan fingerprint density at radius 1 is 1.30 bits per heavy atom. The van der Waals surface area contributed by atoms with Crippen molar-refractivity contribution in [3.63, 3.8) is 0 Å². The monoisotopic (exact) mass is 312 g/mol. The van der Waals surface area contributed by atoms with Crippen LogP contribution in [-0.4, -0.2) is 17.0 Å². The summed E-state index contributed by atoms with van der Waals surface area (Å²) < 4.78 is 0. The molecule has 1 N–H and O–H groups in total. The average Bonchev–Trinajstić information content (AvgIpc) is 2.54. The summed E-state index contributed by atoms with van der Waals surface area (Å²) in [6.07, 6.45) is 14.2. The van der Waals surface area contributed by atoms with E-state index in [-0.39, 0.29) is 11.8 Å². The van der Waals surface area contributed by atoms with Gasteiger partial charge in [0, 0.05) is 17.3 Å². The van der Waals surface area contributed by atoms with Gasteiger partial charge >= 0.3 is 0 Å². The van der Waals surface area contributed by atoms with Crippen molar-refractivity contribution in [2.75, 3.05) is 0 Å². The number of carbonyl (C=O) groups excluding carboxylic acids is 1. The molecule has 0 radical (unpaired) electrons. The molecule has 0 bridgehead atoms. The molecule has 124 valence electrons. The van der Waals surface area contributed by atoms with Crippen LogP contribution in [0.2, 0.25) is 0 Å². The van der Waals surface area contributed by atoms with E-state index >= 15 is 0 Å². The van der Waals surface area contributed by atoms with Gasteiger partial charge < -0.3 is 9.90 Å². The molecule has 0 aromatic heterocycles. The Kier molecular flexibility index (Phi) is 3.46.